The van der Waals surface area contributed by atoms with E-state index in [0.29, 0.717) is 12.0 Å². The van der Waals surface area contributed by atoms with Gasteiger partial charge in [0, 0.05) is 12.5 Å². The van der Waals surface area contributed by atoms with Crippen LogP contribution in [0.15, 0.2) is 24.3 Å². The monoisotopic (exact) mass is 267 g/mol. The van der Waals surface area contributed by atoms with E-state index in [1.807, 2.05) is 6.92 Å². The Kier molecular flexibility index (Phi) is 5.48. The number of carbonyl (C=O) groups excluding carboxylic acids is 1. The summed E-state index contributed by atoms with van der Waals surface area (Å²) in [5, 5.41) is 8.86. The summed E-state index contributed by atoms with van der Waals surface area (Å²) < 4.78 is 12.8. The number of halogens is 1. The predicted molar refractivity (Wildman–Crippen MR) is 68.9 cm³/mol. The molecule has 0 saturated heterocycles. The van der Waals surface area contributed by atoms with Gasteiger partial charge >= 0.3 is 5.97 Å². The van der Waals surface area contributed by atoms with E-state index in [1.165, 1.54) is 17.0 Å². The summed E-state index contributed by atoms with van der Waals surface area (Å²) in [6, 6.07) is 5.69. The predicted octanol–water partition coefficient (Wildman–Crippen LogP) is 2.29. The number of hydrogen-bond donors (Lipinski definition) is 1. The van der Waals surface area contributed by atoms with Gasteiger partial charge in [-0.25, -0.2) is 4.39 Å². The number of carbonyl (C=O) groups is 2. The largest absolute Gasteiger partial charge is 0.480 e. The van der Waals surface area contributed by atoms with Crippen LogP contribution in [0.3, 0.4) is 0 Å². The summed E-state index contributed by atoms with van der Waals surface area (Å²) in [5.74, 6) is -1.84. The molecule has 1 rings (SSSR count). The van der Waals surface area contributed by atoms with Crippen LogP contribution in [-0.2, 0) is 16.1 Å². The summed E-state index contributed by atoms with van der Waals surface area (Å²) in [4.78, 5) is 24.2. The Morgan fingerprint density at radius 1 is 1.32 bits per heavy atom. The molecule has 0 bridgehead atoms. The SMILES string of the molecule is CCC(C)C(=O)N(CC(=O)O)Cc1ccc(F)cc1. The van der Waals surface area contributed by atoms with Crippen LogP contribution in [0.5, 0.6) is 0 Å². The quantitative estimate of drug-likeness (QED) is 0.860. The van der Waals surface area contributed by atoms with E-state index >= 15 is 0 Å². The third-order valence-electron chi connectivity index (χ3n) is 2.96. The topological polar surface area (TPSA) is 57.6 Å². The molecule has 0 fully saturated rings. The fourth-order valence-electron chi connectivity index (χ4n) is 1.67. The van der Waals surface area contributed by atoms with E-state index in [2.05, 4.69) is 0 Å². The van der Waals surface area contributed by atoms with E-state index < -0.39 is 5.97 Å². The first-order valence-electron chi connectivity index (χ1n) is 6.19. The molecule has 0 spiro atoms. The molecule has 4 nitrogen and oxygen atoms in total. The molecule has 19 heavy (non-hydrogen) atoms. The van der Waals surface area contributed by atoms with Crippen molar-refractivity contribution >= 4 is 11.9 Å². The van der Waals surface area contributed by atoms with Crippen molar-refractivity contribution in [2.24, 2.45) is 5.92 Å². The minimum absolute atomic E-state index is 0.176. The third-order valence-corrected chi connectivity index (χ3v) is 2.96. The Hall–Kier alpha value is -1.91. The van der Waals surface area contributed by atoms with Crippen molar-refractivity contribution in [1.82, 2.24) is 4.90 Å². The maximum atomic E-state index is 12.8. The number of aliphatic carboxylic acids is 1. The Morgan fingerprint density at radius 3 is 2.37 bits per heavy atom. The van der Waals surface area contributed by atoms with Crippen molar-refractivity contribution < 1.29 is 19.1 Å². The molecule has 0 heterocycles. The molecule has 104 valence electrons. The molecule has 0 aliphatic carbocycles. The standard InChI is InChI=1S/C14H18FNO3/c1-3-10(2)14(19)16(9-13(17)18)8-11-4-6-12(15)7-5-11/h4-7,10H,3,8-9H2,1-2H3,(H,17,18). The van der Waals surface area contributed by atoms with Crippen LogP contribution >= 0.6 is 0 Å². The second-order valence-electron chi connectivity index (χ2n) is 4.52. The summed E-state index contributed by atoms with van der Waals surface area (Å²) >= 11 is 0. The van der Waals surface area contributed by atoms with Crippen molar-refractivity contribution in [1.29, 1.82) is 0 Å². The van der Waals surface area contributed by atoms with Crippen molar-refractivity contribution in [2.45, 2.75) is 26.8 Å². The van der Waals surface area contributed by atoms with Gasteiger partial charge in [-0.1, -0.05) is 26.0 Å². The van der Waals surface area contributed by atoms with Crippen LogP contribution in [0.2, 0.25) is 0 Å². The molecule has 0 aliphatic rings. The van der Waals surface area contributed by atoms with Gasteiger partial charge in [-0.3, -0.25) is 9.59 Å². The first kappa shape index (κ1) is 15.1. The lowest BCUT2D eigenvalue weighted by atomic mass is 10.1. The first-order chi connectivity index (χ1) is 8.93. The van der Waals surface area contributed by atoms with Crippen LogP contribution < -0.4 is 0 Å². The van der Waals surface area contributed by atoms with Gasteiger partial charge < -0.3 is 10.0 Å². The number of carboxylic acids is 1. The molecule has 1 N–H and O–H groups in total. The fourth-order valence-corrected chi connectivity index (χ4v) is 1.67. The minimum atomic E-state index is -1.06. The smallest absolute Gasteiger partial charge is 0.323 e. The van der Waals surface area contributed by atoms with Gasteiger partial charge in [-0.15, -0.1) is 0 Å². The third kappa shape index (κ3) is 4.69. The maximum absolute atomic E-state index is 12.8. The summed E-state index contributed by atoms with van der Waals surface area (Å²) in [5.41, 5.74) is 0.708. The van der Waals surface area contributed by atoms with Crippen molar-refractivity contribution in [2.75, 3.05) is 6.54 Å². The zero-order chi connectivity index (χ0) is 14.4. The van der Waals surface area contributed by atoms with Crippen LogP contribution in [0.4, 0.5) is 4.39 Å². The molecule has 1 amide bonds. The molecule has 1 aromatic rings. The van der Waals surface area contributed by atoms with Crippen LogP contribution in [0.25, 0.3) is 0 Å². The van der Waals surface area contributed by atoms with Gasteiger partial charge in [-0.2, -0.15) is 0 Å². The number of hydrogen-bond acceptors (Lipinski definition) is 2. The summed E-state index contributed by atoms with van der Waals surface area (Å²) in [6.45, 7) is 3.47. The van der Waals surface area contributed by atoms with Gasteiger partial charge in [0.05, 0.1) is 0 Å². The van der Waals surface area contributed by atoms with Crippen molar-refractivity contribution in [3.63, 3.8) is 0 Å². The van der Waals surface area contributed by atoms with Gasteiger partial charge in [0.2, 0.25) is 5.91 Å². The average Bonchev–Trinajstić information content (AvgIpc) is 2.38. The second-order valence-corrected chi connectivity index (χ2v) is 4.52. The van der Waals surface area contributed by atoms with Gasteiger partial charge in [0.25, 0.3) is 0 Å². The Labute approximate surface area is 111 Å². The molecule has 0 saturated carbocycles. The molecule has 0 aliphatic heterocycles. The van der Waals surface area contributed by atoms with E-state index in [-0.39, 0.29) is 30.7 Å². The number of amides is 1. The van der Waals surface area contributed by atoms with Gasteiger partial charge in [0.15, 0.2) is 0 Å². The zero-order valence-corrected chi connectivity index (χ0v) is 11.1. The van der Waals surface area contributed by atoms with E-state index in [0.717, 1.165) is 0 Å². The minimum Gasteiger partial charge on any atom is -0.480 e. The van der Waals surface area contributed by atoms with Gasteiger partial charge in [0.1, 0.15) is 12.4 Å². The normalized spacial score (nSPS) is 11.9. The lowest BCUT2D eigenvalue weighted by Crippen LogP contribution is -2.38. The lowest BCUT2D eigenvalue weighted by Gasteiger charge is -2.23. The number of nitrogens with zero attached hydrogens (tertiary/aromatic N) is 1. The fraction of sp³-hybridized carbons (Fsp3) is 0.429. The molecular formula is C14H18FNO3. The first-order valence-corrected chi connectivity index (χ1v) is 6.19. The summed E-state index contributed by atoms with van der Waals surface area (Å²) in [7, 11) is 0. The highest BCUT2D eigenvalue weighted by Crippen LogP contribution is 2.12. The Morgan fingerprint density at radius 2 is 1.89 bits per heavy atom. The molecule has 1 unspecified atom stereocenters. The highest BCUT2D eigenvalue weighted by Gasteiger charge is 2.21. The van der Waals surface area contributed by atoms with E-state index in [9.17, 15) is 14.0 Å². The van der Waals surface area contributed by atoms with E-state index in [1.54, 1.807) is 19.1 Å². The van der Waals surface area contributed by atoms with Gasteiger partial charge in [-0.05, 0) is 24.1 Å². The number of carboxylic acid groups (broad SMARTS) is 1. The van der Waals surface area contributed by atoms with Crippen LogP contribution in [-0.4, -0.2) is 28.4 Å². The van der Waals surface area contributed by atoms with Crippen LogP contribution in [0.1, 0.15) is 25.8 Å². The molecule has 0 aromatic heterocycles. The van der Waals surface area contributed by atoms with E-state index in [4.69, 9.17) is 5.11 Å². The lowest BCUT2D eigenvalue weighted by molar-refractivity contribution is -0.146. The van der Waals surface area contributed by atoms with Crippen molar-refractivity contribution in [3.8, 4) is 0 Å². The summed E-state index contributed by atoms with van der Waals surface area (Å²) in [6.07, 6.45) is 0.651. The molecule has 0 radical (unpaired) electrons. The second kappa shape index (κ2) is 6.87. The zero-order valence-electron chi connectivity index (χ0n) is 11.1. The Bertz CT molecular complexity index is 445. The average molecular weight is 267 g/mol. The van der Waals surface area contributed by atoms with Crippen molar-refractivity contribution in [3.05, 3.63) is 35.6 Å². The van der Waals surface area contributed by atoms with Crippen LogP contribution in [0, 0.1) is 11.7 Å². The molecule has 1 atom stereocenters. The highest BCUT2D eigenvalue weighted by atomic mass is 19.1. The molecular weight excluding hydrogens is 249 g/mol. The maximum Gasteiger partial charge on any atom is 0.323 e. The molecule has 1 aromatic carbocycles. The highest BCUT2D eigenvalue weighted by molar-refractivity contribution is 5.82. The number of benzene rings is 1. The molecule has 5 heteroatoms. The number of rotatable bonds is 6. The Balaban J connectivity index is 2.82.